The van der Waals surface area contributed by atoms with Gasteiger partial charge >= 0.3 is 47.5 Å². The molecule has 0 aliphatic rings. The van der Waals surface area contributed by atoms with Crippen LogP contribution in [0, 0.1) is 0 Å². The fraction of sp³-hybridized carbons (Fsp3) is 0.704. The lowest BCUT2D eigenvalue weighted by molar-refractivity contribution is -0.681. The van der Waals surface area contributed by atoms with E-state index in [1.54, 1.807) is 0 Å². The molecular weight excluding hydrogens is 667 g/mol. The van der Waals surface area contributed by atoms with Crippen LogP contribution in [0.1, 0.15) is 64.1 Å². The Bertz CT molecular complexity index is 1290. The molecule has 4 nitrogen and oxygen atoms in total. The van der Waals surface area contributed by atoms with Crippen LogP contribution in [0.4, 0.5) is 65.9 Å². The van der Waals surface area contributed by atoms with E-state index in [0.29, 0.717) is 24.8 Å². The molecule has 264 valence electrons. The molecule has 0 amide bonds. The Hall–Kier alpha value is -2.89. The van der Waals surface area contributed by atoms with Crippen LogP contribution in [-0.2, 0) is 20.0 Å². The Morgan fingerprint density at radius 3 is 1.54 bits per heavy atom. The minimum Gasteiger partial charge on any atom is -0.494 e. The van der Waals surface area contributed by atoms with E-state index in [-0.39, 0.29) is 15.9 Å². The quantitative estimate of drug-likeness (QED) is 0.0938. The number of unbranched alkanes of at least 4 members (excludes halogenated alkanes) is 7. The lowest BCUT2D eigenvalue weighted by Crippen LogP contribution is -2.72. The Balaban J connectivity index is 2.31. The van der Waals surface area contributed by atoms with E-state index in [9.17, 15) is 65.9 Å². The van der Waals surface area contributed by atoms with Gasteiger partial charge in [-0.15, -0.1) is 4.68 Å². The van der Waals surface area contributed by atoms with Crippen molar-refractivity contribution < 1.29 is 75.2 Å². The van der Waals surface area contributed by atoms with Gasteiger partial charge in [0.15, 0.2) is 0 Å². The highest BCUT2D eigenvalue weighted by molar-refractivity contribution is 5.54. The monoisotopic (exact) mass is 698 g/mol. The number of hydrogen-bond donors (Lipinski definition) is 0. The zero-order valence-corrected chi connectivity index (χ0v) is 24.6. The summed E-state index contributed by atoms with van der Waals surface area (Å²) in [5.74, 6) is -50.0. The molecule has 0 N–H and O–H groups in total. The largest absolute Gasteiger partial charge is 0.494 e. The van der Waals surface area contributed by atoms with Crippen molar-refractivity contribution >= 4 is 0 Å². The van der Waals surface area contributed by atoms with Gasteiger partial charge < -0.3 is 4.74 Å². The first-order valence-electron chi connectivity index (χ1n) is 13.8. The number of halogens is 15. The number of ether oxygens (including phenoxy) is 1. The van der Waals surface area contributed by atoms with E-state index in [1.165, 1.54) is 30.7 Å². The van der Waals surface area contributed by atoms with Crippen LogP contribution >= 0.6 is 0 Å². The smallest absolute Gasteiger partial charge is 0.460 e. The number of nitrogens with zero attached hydrogens (tertiary/aromatic N) is 3. The van der Waals surface area contributed by atoms with E-state index in [0.717, 1.165) is 45.6 Å². The molecule has 1 aromatic carbocycles. The highest BCUT2D eigenvalue weighted by Gasteiger charge is 2.94. The average molecular weight is 699 g/mol. The van der Waals surface area contributed by atoms with Gasteiger partial charge in [0.2, 0.25) is 0 Å². The zero-order valence-electron chi connectivity index (χ0n) is 24.6. The van der Waals surface area contributed by atoms with Gasteiger partial charge in [-0.05, 0) is 30.7 Å². The Morgan fingerprint density at radius 2 is 1.07 bits per heavy atom. The fourth-order valence-corrected chi connectivity index (χ4v) is 4.46. The zero-order chi connectivity index (χ0) is 35.6. The van der Waals surface area contributed by atoms with Crippen LogP contribution in [0.2, 0.25) is 0 Å². The number of benzene rings is 1. The molecule has 0 radical (unpaired) electrons. The molecule has 2 aromatic rings. The third kappa shape index (κ3) is 6.87. The van der Waals surface area contributed by atoms with Gasteiger partial charge in [-0.3, -0.25) is 0 Å². The molecule has 0 aliphatic carbocycles. The van der Waals surface area contributed by atoms with Crippen molar-refractivity contribution in [2.45, 2.75) is 100 Å². The molecule has 0 saturated carbocycles. The summed E-state index contributed by atoms with van der Waals surface area (Å²) in [6, 6.07) is 5.03. The van der Waals surface area contributed by atoms with Gasteiger partial charge in [0, 0.05) is 5.10 Å². The molecule has 0 unspecified atom stereocenters. The van der Waals surface area contributed by atoms with Crippen molar-refractivity contribution in [1.29, 1.82) is 0 Å². The maximum absolute atomic E-state index is 14.9. The molecule has 0 saturated heterocycles. The summed E-state index contributed by atoms with van der Waals surface area (Å²) in [5, 5.41) is 2.92. The Kier molecular flexibility index (Phi) is 11.7. The molecular formula is C27H31F15N3O+. The highest BCUT2D eigenvalue weighted by Crippen LogP contribution is 2.63. The third-order valence-corrected chi connectivity index (χ3v) is 7.17. The molecule has 0 aliphatic heterocycles. The van der Waals surface area contributed by atoms with Crippen LogP contribution in [-0.4, -0.2) is 52.2 Å². The van der Waals surface area contributed by atoms with Gasteiger partial charge in [0.1, 0.15) is 5.75 Å². The van der Waals surface area contributed by atoms with Gasteiger partial charge in [-0.1, -0.05) is 51.9 Å². The second-order valence-corrected chi connectivity index (χ2v) is 10.6. The second kappa shape index (κ2) is 13.7. The lowest BCUT2D eigenvalue weighted by atomic mass is 9.91. The number of rotatable bonds is 17. The van der Waals surface area contributed by atoms with Crippen molar-refractivity contribution in [3.05, 3.63) is 30.1 Å². The first-order valence-corrected chi connectivity index (χ1v) is 13.8. The SMILES string of the molecule is CCCCCCCCCCOc1ccc(-c2n(C)nc(C(F)(F)C(F)(F)C(F)(F)C(F)(F)C(F)(F)C(F)(F)C(F)(F)F)[n+]2C)cc1. The molecule has 0 fully saturated rings. The molecule has 1 aromatic heterocycles. The van der Waals surface area contributed by atoms with Crippen molar-refractivity contribution in [1.82, 2.24) is 9.78 Å². The van der Waals surface area contributed by atoms with E-state index in [4.69, 9.17) is 4.74 Å². The predicted molar refractivity (Wildman–Crippen MR) is 133 cm³/mol. The number of aryl methyl sites for hydroxylation is 1. The van der Waals surface area contributed by atoms with Gasteiger partial charge in [0.05, 0.1) is 26.3 Å². The van der Waals surface area contributed by atoms with Crippen LogP contribution in [0.25, 0.3) is 11.4 Å². The minimum atomic E-state index is -8.37. The Morgan fingerprint density at radius 1 is 0.630 bits per heavy atom. The summed E-state index contributed by atoms with van der Waals surface area (Å²) in [6.45, 7) is 2.42. The van der Waals surface area contributed by atoms with E-state index in [1.807, 2.05) is 0 Å². The highest BCUT2D eigenvalue weighted by atomic mass is 19.4. The molecule has 1 heterocycles. The van der Waals surface area contributed by atoms with Crippen molar-refractivity contribution in [2.24, 2.45) is 14.1 Å². The Labute approximate surface area is 253 Å². The van der Waals surface area contributed by atoms with Crippen LogP contribution < -0.4 is 9.30 Å². The first-order chi connectivity index (χ1) is 20.8. The van der Waals surface area contributed by atoms with Gasteiger partial charge in [-0.2, -0.15) is 65.9 Å². The molecule has 0 bridgehead atoms. The standard InChI is InChI=1S/C27H31F15N3O/c1-4-5-6-7-8-9-10-11-16-46-18-14-12-17(13-15-18)19-44(2)20(43-45(19)3)21(28,29)22(30,31)23(32,33)24(34,35)25(36,37)26(38,39)27(40,41)42/h12-15H,4-11,16H2,1-3H3/q+1. The molecule has 0 spiro atoms. The van der Waals surface area contributed by atoms with Crippen molar-refractivity contribution in [3.8, 4) is 17.1 Å². The number of alkyl halides is 15. The normalized spacial score (nSPS) is 14.2. The van der Waals surface area contributed by atoms with Crippen LogP contribution in [0.5, 0.6) is 5.75 Å². The summed E-state index contributed by atoms with van der Waals surface area (Å²) in [4.78, 5) is 0. The van der Waals surface area contributed by atoms with E-state index < -0.39 is 53.4 Å². The van der Waals surface area contributed by atoms with Gasteiger partial charge in [0.25, 0.3) is 5.82 Å². The molecule has 19 heteroatoms. The summed E-state index contributed by atoms with van der Waals surface area (Å²) >= 11 is 0. The topological polar surface area (TPSA) is 30.9 Å². The number of aromatic nitrogens is 3. The molecule has 46 heavy (non-hydrogen) atoms. The van der Waals surface area contributed by atoms with E-state index in [2.05, 4.69) is 12.0 Å². The van der Waals surface area contributed by atoms with Gasteiger partial charge in [-0.25, -0.2) is 4.57 Å². The van der Waals surface area contributed by atoms with Crippen LogP contribution in [0.3, 0.4) is 0 Å². The fourth-order valence-electron chi connectivity index (χ4n) is 4.46. The third-order valence-electron chi connectivity index (χ3n) is 7.17. The summed E-state index contributed by atoms with van der Waals surface area (Å²) < 4.78 is 211. The summed E-state index contributed by atoms with van der Waals surface area (Å²) in [5.41, 5.74) is -0.101. The lowest BCUT2D eigenvalue weighted by Gasteiger charge is -2.40. The minimum absolute atomic E-state index is 0.000961. The van der Waals surface area contributed by atoms with Crippen molar-refractivity contribution in [2.75, 3.05) is 6.61 Å². The maximum atomic E-state index is 14.9. The van der Waals surface area contributed by atoms with Crippen LogP contribution in [0.15, 0.2) is 24.3 Å². The summed E-state index contributed by atoms with van der Waals surface area (Å²) in [6.07, 6.45) is 0.590. The molecule has 2 rings (SSSR count). The second-order valence-electron chi connectivity index (χ2n) is 10.6. The summed E-state index contributed by atoms with van der Waals surface area (Å²) in [7, 11) is 1.35. The van der Waals surface area contributed by atoms with Crippen molar-refractivity contribution in [3.63, 3.8) is 0 Å². The predicted octanol–water partition coefficient (Wildman–Crippen LogP) is 9.26. The first kappa shape index (κ1) is 39.3. The molecule has 0 atom stereocenters. The number of hydrogen-bond acceptors (Lipinski definition) is 2. The maximum Gasteiger partial charge on any atom is 0.460 e. The van der Waals surface area contributed by atoms with E-state index >= 15 is 0 Å². The average Bonchev–Trinajstić information content (AvgIpc) is 3.25.